The maximum Gasteiger partial charge on any atom is 0.0192 e. The highest BCUT2D eigenvalue weighted by Gasteiger charge is 2.12. The molecule has 72 valence electrons. The molecule has 0 amide bonds. The second kappa shape index (κ2) is 6.44. The SMILES string of the molecule is CCCCCNCC1CCCN1. The lowest BCUT2D eigenvalue weighted by Crippen LogP contribution is -2.34. The molecule has 0 aliphatic carbocycles. The maximum absolute atomic E-state index is 3.50. The van der Waals surface area contributed by atoms with Gasteiger partial charge < -0.3 is 10.6 Å². The zero-order valence-electron chi connectivity index (χ0n) is 8.23. The molecule has 1 aliphatic heterocycles. The lowest BCUT2D eigenvalue weighted by atomic mass is 10.2. The Morgan fingerprint density at radius 1 is 1.42 bits per heavy atom. The molecule has 0 saturated carbocycles. The van der Waals surface area contributed by atoms with Gasteiger partial charge in [0.05, 0.1) is 0 Å². The Balaban J connectivity index is 1.81. The predicted molar refractivity (Wildman–Crippen MR) is 53.4 cm³/mol. The quantitative estimate of drug-likeness (QED) is 0.591. The fourth-order valence-corrected chi connectivity index (χ4v) is 1.71. The molecule has 0 spiro atoms. The Kier molecular flexibility index (Phi) is 5.37. The lowest BCUT2D eigenvalue weighted by Gasteiger charge is -2.10. The van der Waals surface area contributed by atoms with Crippen LogP contribution >= 0.6 is 0 Å². The first kappa shape index (κ1) is 10.0. The molecule has 1 unspecified atom stereocenters. The molecule has 0 radical (unpaired) electrons. The van der Waals surface area contributed by atoms with Gasteiger partial charge in [0.15, 0.2) is 0 Å². The topological polar surface area (TPSA) is 24.1 Å². The molecule has 1 heterocycles. The first-order valence-electron chi connectivity index (χ1n) is 5.37. The molecule has 1 fully saturated rings. The molecule has 1 aliphatic rings. The normalized spacial score (nSPS) is 23.2. The van der Waals surface area contributed by atoms with E-state index in [4.69, 9.17) is 0 Å². The first-order chi connectivity index (χ1) is 5.93. The molecule has 2 nitrogen and oxygen atoms in total. The predicted octanol–water partition coefficient (Wildman–Crippen LogP) is 1.52. The van der Waals surface area contributed by atoms with Crippen molar-refractivity contribution in [2.45, 2.75) is 45.1 Å². The Bertz CT molecular complexity index is 98.0. The van der Waals surface area contributed by atoms with Crippen molar-refractivity contribution >= 4 is 0 Å². The van der Waals surface area contributed by atoms with E-state index in [2.05, 4.69) is 17.6 Å². The van der Waals surface area contributed by atoms with E-state index in [-0.39, 0.29) is 0 Å². The smallest absolute Gasteiger partial charge is 0.0192 e. The number of nitrogens with one attached hydrogen (secondary N) is 2. The van der Waals surface area contributed by atoms with Crippen LogP contribution in [0.15, 0.2) is 0 Å². The highest BCUT2D eigenvalue weighted by molar-refractivity contribution is 4.75. The zero-order chi connectivity index (χ0) is 8.65. The molecule has 12 heavy (non-hydrogen) atoms. The van der Waals surface area contributed by atoms with Gasteiger partial charge in [-0.15, -0.1) is 0 Å². The molecular formula is C10H22N2. The summed E-state index contributed by atoms with van der Waals surface area (Å²) in [6.07, 6.45) is 6.75. The average molecular weight is 170 g/mol. The minimum absolute atomic E-state index is 0.756. The largest absolute Gasteiger partial charge is 0.315 e. The average Bonchev–Trinajstić information content (AvgIpc) is 2.57. The third-order valence-electron chi connectivity index (χ3n) is 2.51. The van der Waals surface area contributed by atoms with Crippen LogP contribution in [0.3, 0.4) is 0 Å². The molecule has 0 bridgehead atoms. The van der Waals surface area contributed by atoms with Gasteiger partial charge in [0.1, 0.15) is 0 Å². The van der Waals surface area contributed by atoms with Gasteiger partial charge >= 0.3 is 0 Å². The Hall–Kier alpha value is -0.0800. The van der Waals surface area contributed by atoms with Gasteiger partial charge in [0, 0.05) is 12.6 Å². The first-order valence-corrected chi connectivity index (χ1v) is 5.37. The van der Waals surface area contributed by atoms with Crippen LogP contribution in [0, 0.1) is 0 Å². The summed E-state index contributed by atoms with van der Waals surface area (Å²) >= 11 is 0. The third kappa shape index (κ3) is 4.07. The Morgan fingerprint density at radius 3 is 3.00 bits per heavy atom. The van der Waals surface area contributed by atoms with E-state index in [1.54, 1.807) is 0 Å². The Morgan fingerprint density at radius 2 is 2.33 bits per heavy atom. The summed E-state index contributed by atoms with van der Waals surface area (Å²) < 4.78 is 0. The van der Waals surface area contributed by atoms with Crippen molar-refractivity contribution in [1.82, 2.24) is 10.6 Å². The van der Waals surface area contributed by atoms with Gasteiger partial charge in [-0.25, -0.2) is 0 Å². The summed E-state index contributed by atoms with van der Waals surface area (Å²) in [5, 5.41) is 6.98. The molecular weight excluding hydrogens is 148 g/mol. The fourth-order valence-electron chi connectivity index (χ4n) is 1.71. The fraction of sp³-hybridized carbons (Fsp3) is 1.00. The van der Waals surface area contributed by atoms with Crippen LogP contribution in [-0.2, 0) is 0 Å². The van der Waals surface area contributed by atoms with Crippen LogP contribution in [-0.4, -0.2) is 25.7 Å². The molecule has 1 saturated heterocycles. The molecule has 1 rings (SSSR count). The van der Waals surface area contributed by atoms with Crippen LogP contribution in [0.2, 0.25) is 0 Å². The van der Waals surface area contributed by atoms with Gasteiger partial charge in [0.2, 0.25) is 0 Å². The molecule has 1 atom stereocenters. The van der Waals surface area contributed by atoms with Crippen LogP contribution < -0.4 is 10.6 Å². The summed E-state index contributed by atoms with van der Waals surface area (Å²) in [5.74, 6) is 0. The molecule has 2 heteroatoms. The second-order valence-electron chi connectivity index (χ2n) is 3.70. The van der Waals surface area contributed by atoms with Crippen molar-refractivity contribution in [3.63, 3.8) is 0 Å². The van der Waals surface area contributed by atoms with Gasteiger partial charge in [-0.3, -0.25) is 0 Å². The maximum atomic E-state index is 3.50. The van der Waals surface area contributed by atoms with Gasteiger partial charge in [-0.05, 0) is 32.4 Å². The summed E-state index contributed by atoms with van der Waals surface area (Å²) in [6.45, 7) is 5.84. The standard InChI is InChI=1S/C10H22N2/c1-2-3-4-7-11-9-10-6-5-8-12-10/h10-12H,2-9H2,1H3. The van der Waals surface area contributed by atoms with Crippen molar-refractivity contribution in [3.8, 4) is 0 Å². The van der Waals surface area contributed by atoms with Gasteiger partial charge in [-0.1, -0.05) is 19.8 Å². The molecule has 0 aromatic carbocycles. The van der Waals surface area contributed by atoms with E-state index in [0.717, 1.165) is 6.04 Å². The van der Waals surface area contributed by atoms with E-state index in [0.29, 0.717) is 0 Å². The number of unbranched alkanes of at least 4 members (excludes halogenated alkanes) is 2. The van der Waals surface area contributed by atoms with Crippen molar-refractivity contribution in [3.05, 3.63) is 0 Å². The zero-order valence-corrected chi connectivity index (χ0v) is 8.23. The van der Waals surface area contributed by atoms with Gasteiger partial charge in [0.25, 0.3) is 0 Å². The summed E-state index contributed by atoms with van der Waals surface area (Å²) in [5.41, 5.74) is 0. The van der Waals surface area contributed by atoms with Crippen LogP contribution in [0.25, 0.3) is 0 Å². The van der Waals surface area contributed by atoms with E-state index >= 15 is 0 Å². The van der Waals surface area contributed by atoms with E-state index in [1.807, 2.05) is 0 Å². The third-order valence-corrected chi connectivity index (χ3v) is 2.51. The monoisotopic (exact) mass is 170 g/mol. The minimum atomic E-state index is 0.756. The van der Waals surface area contributed by atoms with Crippen molar-refractivity contribution in [2.75, 3.05) is 19.6 Å². The van der Waals surface area contributed by atoms with E-state index < -0.39 is 0 Å². The minimum Gasteiger partial charge on any atom is -0.315 e. The number of hydrogen-bond acceptors (Lipinski definition) is 2. The lowest BCUT2D eigenvalue weighted by molar-refractivity contribution is 0.522. The number of hydrogen-bond donors (Lipinski definition) is 2. The second-order valence-corrected chi connectivity index (χ2v) is 3.70. The summed E-state index contributed by atoms with van der Waals surface area (Å²) in [6, 6.07) is 0.756. The van der Waals surface area contributed by atoms with E-state index in [9.17, 15) is 0 Å². The molecule has 0 aromatic heterocycles. The van der Waals surface area contributed by atoms with Crippen LogP contribution in [0.1, 0.15) is 39.0 Å². The van der Waals surface area contributed by atoms with E-state index in [1.165, 1.54) is 51.7 Å². The highest BCUT2D eigenvalue weighted by Crippen LogP contribution is 2.03. The highest BCUT2D eigenvalue weighted by atomic mass is 15.0. The van der Waals surface area contributed by atoms with Crippen LogP contribution in [0.4, 0.5) is 0 Å². The summed E-state index contributed by atoms with van der Waals surface area (Å²) in [4.78, 5) is 0. The summed E-state index contributed by atoms with van der Waals surface area (Å²) in [7, 11) is 0. The van der Waals surface area contributed by atoms with Crippen molar-refractivity contribution in [1.29, 1.82) is 0 Å². The van der Waals surface area contributed by atoms with Crippen LogP contribution in [0.5, 0.6) is 0 Å². The Labute approximate surface area is 76.1 Å². The van der Waals surface area contributed by atoms with Crippen molar-refractivity contribution < 1.29 is 0 Å². The molecule has 0 aromatic rings. The van der Waals surface area contributed by atoms with Crippen molar-refractivity contribution in [2.24, 2.45) is 0 Å². The van der Waals surface area contributed by atoms with Gasteiger partial charge in [-0.2, -0.15) is 0 Å². The number of rotatable bonds is 6. The molecule has 2 N–H and O–H groups in total.